The Hall–Kier alpha value is -3.72. The number of hydrogen-bond acceptors (Lipinski definition) is 5. The van der Waals surface area contributed by atoms with Gasteiger partial charge in [0.15, 0.2) is 23.1 Å². The normalized spacial score (nSPS) is 11.0. The molecule has 0 aliphatic carbocycles. The van der Waals surface area contributed by atoms with Crippen LogP contribution in [0.4, 0.5) is 14.5 Å². The van der Waals surface area contributed by atoms with Crippen molar-refractivity contribution < 1.29 is 33.0 Å². The molecule has 146 valence electrons. The van der Waals surface area contributed by atoms with Crippen molar-refractivity contribution in [2.75, 3.05) is 5.32 Å². The van der Waals surface area contributed by atoms with Crippen LogP contribution >= 0.6 is 11.3 Å². The molecule has 0 atom stereocenters. The van der Waals surface area contributed by atoms with E-state index in [0.29, 0.717) is 11.0 Å². The Morgan fingerprint density at radius 2 is 1.86 bits per heavy atom. The monoisotopic (exact) mass is 415 g/mol. The van der Waals surface area contributed by atoms with Crippen molar-refractivity contribution in [3.63, 3.8) is 0 Å². The number of hydrogen-bond donors (Lipinski definition) is 3. The van der Waals surface area contributed by atoms with Gasteiger partial charge in [0.2, 0.25) is 0 Å². The van der Waals surface area contributed by atoms with Crippen LogP contribution in [-0.4, -0.2) is 22.1 Å². The average molecular weight is 415 g/mol. The molecule has 0 fully saturated rings. The van der Waals surface area contributed by atoms with Crippen molar-refractivity contribution in [3.8, 4) is 16.2 Å². The second-order valence-electron chi connectivity index (χ2n) is 6.02. The van der Waals surface area contributed by atoms with Gasteiger partial charge in [-0.2, -0.15) is 0 Å². The molecule has 0 saturated carbocycles. The molecule has 0 radical (unpaired) electrons. The quantitative estimate of drug-likeness (QED) is 0.431. The molecule has 4 rings (SSSR count). The molecule has 2 aromatic heterocycles. The summed E-state index contributed by atoms with van der Waals surface area (Å²) < 4.78 is 33.0. The summed E-state index contributed by atoms with van der Waals surface area (Å²) in [7, 11) is 0. The average Bonchev–Trinajstić information content (AvgIpc) is 3.30. The van der Waals surface area contributed by atoms with E-state index in [9.17, 15) is 28.6 Å². The summed E-state index contributed by atoms with van der Waals surface area (Å²) in [5, 5.41) is 23.5. The van der Waals surface area contributed by atoms with Crippen LogP contribution in [0.15, 0.2) is 52.3 Å². The van der Waals surface area contributed by atoms with E-state index >= 15 is 0 Å². The number of aromatic carboxylic acids is 1. The lowest BCUT2D eigenvalue weighted by atomic mass is 10.1. The Balaban J connectivity index is 1.73. The second kappa shape index (κ2) is 7.02. The largest absolute Gasteiger partial charge is 0.503 e. The van der Waals surface area contributed by atoms with Crippen molar-refractivity contribution in [1.29, 1.82) is 0 Å². The Kier molecular flexibility index (Phi) is 4.51. The van der Waals surface area contributed by atoms with Crippen LogP contribution in [0.1, 0.15) is 20.9 Å². The third-order valence-electron chi connectivity index (χ3n) is 4.21. The number of fused-ring (bicyclic) bond motifs is 1. The molecule has 1 amide bonds. The fourth-order valence-corrected chi connectivity index (χ4v) is 3.87. The van der Waals surface area contributed by atoms with Crippen LogP contribution in [0, 0.1) is 11.6 Å². The molecule has 2 aromatic carbocycles. The first-order chi connectivity index (χ1) is 13.9. The molecule has 2 heterocycles. The number of amides is 1. The lowest BCUT2D eigenvalue weighted by molar-refractivity contribution is 0.0699. The summed E-state index contributed by atoms with van der Waals surface area (Å²) in [5.74, 6) is -5.80. The lowest BCUT2D eigenvalue weighted by Crippen LogP contribution is -2.13. The summed E-state index contributed by atoms with van der Waals surface area (Å²) in [5.41, 5.74) is -0.267. The number of aromatic hydroxyl groups is 1. The number of nitrogens with one attached hydrogen (secondary N) is 1. The van der Waals surface area contributed by atoms with E-state index in [-0.39, 0.29) is 27.5 Å². The SMILES string of the molecule is O=C(Nc1csc(-c2ccc(F)c(O)c2F)c1C(=O)O)c1cc2ccccc2o1. The third kappa shape index (κ3) is 3.21. The van der Waals surface area contributed by atoms with Gasteiger partial charge in [-0.3, -0.25) is 4.79 Å². The van der Waals surface area contributed by atoms with Crippen molar-refractivity contribution in [2.45, 2.75) is 0 Å². The van der Waals surface area contributed by atoms with E-state index in [0.717, 1.165) is 23.5 Å². The fraction of sp³-hybridized carbons (Fsp3) is 0. The Morgan fingerprint density at radius 1 is 1.10 bits per heavy atom. The zero-order valence-electron chi connectivity index (χ0n) is 14.4. The van der Waals surface area contributed by atoms with Crippen LogP contribution in [-0.2, 0) is 0 Å². The number of anilines is 1. The third-order valence-corrected chi connectivity index (χ3v) is 5.23. The topological polar surface area (TPSA) is 99.8 Å². The van der Waals surface area contributed by atoms with Gasteiger partial charge >= 0.3 is 5.97 Å². The van der Waals surface area contributed by atoms with Gasteiger partial charge in [-0.15, -0.1) is 11.3 Å². The number of carbonyl (C=O) groups excluding carboxylic acids is 1. The first-order valence-corrected chi connectivity index (χ1v) is 9.07. The van der Waals surface area contributed by atoms with Crippen molar-refractivity contribution in [3.05, 3.63) is 70.8 Å². The summed E-state index contributed by atoms with van der Waals surface area (Å²) >= 11 is 0.829. The minimum atomic E-state index is -1.43. The number of benzene rings is 2. The number of carboxylic acid groups (broad SMARTS) is 1. The lowest BCUT2D eigenvalue weighted by Gasteiger charge is -2.07. The minimum Gasteiger partial charge on any atom is -0.503 e. The maximum absolute atomic E-state index is 14.3. The van der Waals surface area contributed by atoms with Gasteiger partial charge in [-0.05, 0) is 24.3 Å². The number of thiophene rings is 1. The minimum absolute atomic E-state index is 0.0269. The number of phenols is 1. The van der Waals surface area contributed by atoms with Gasteiger partial charge < -0.3 is 19.9 Å². The van der Waals surface area contributed by atoms with Gasteiger partial charge in [0, 0.05) is 16.3 Å². The van der Waals surface area contributed by atoms with E-state index in [2.05, 4.69) is 5.32 Å². The maximum atomic E-state index is 14.3. The smallest absolute Gasteiger partial charge is 0.339 e. The van der Waals surface area contributed by atoms with Crippen LogP contribution < -0.4 is 5.32 Å². The summed E-state index contributed by atoms with van der Waals surface area (Å²) in [4.78, 5) is 24.2. The maximum Gasteiger partial charge on any atom is 0.339 e. The molecule has 0 aliphatic heterocycles. The van der Waals surface area contributed by atoms with Gasteiger partial charge in [-0.25, -0.2) is 13.6 Å². The highest BCUT2D eigenvalue weighted by molar-refractivity contribution is 7.14. The van der Waals surface area contributed by atoms with E-state index in [4.69, 9.17) is 4.42 Å². The van der Waals surface area contributed by atoms with Crippen LogP contribution in [0.3, 0.4) is 0 Å². The number of halogens is 2. The van der Waals surface area contributed by atoms with Gasteiger partial charge in [0.1, 0.15) is 11.1 Å². The summed E-state index contributed by atoms with van der Waals surface area (Å²) in [6, 6.07) is 10.3. The summed E-state index contributed by atoms with van der Waals surface area (Å²) in [6.07, 6.45) is 0. The van der Waals surface area contributed by atoms with Gasteiger partial charge in [0.25, 0.3) is 5.91 Å². The number of rotatable bonds is 4. The first-order valence-electron chi connectivity index (χ1n) is 8.19. The van der Waals surface area contributed by atoms with Crippen molar-refractivity contribution in [2.24, 2.45) is 0 Å². The number of carbonyl (C=O) groups is 2. The zero-order chi connectivity index (χ0) is 20.7. The molecule has 9 heteroatoms. The molecule has 0 aliphatic rings. The highest BCUT2D eigenvalue weighted by Crippen LogP contribution is 2.40. The highest BCUT2D eigenvalue weighted by atomic mass is 32.1. The van der Waals surface area contributed by atoms with E-state index in [1.54, 1.807) is 24.3 Å². The molecule has 29 heavy (non-hydrogen) atoms. The van der Waals surface area contributed by atoms with Crippen LogP contribution in [0.2, 0.25) is 0 Å². The molecular weight excluding hydrogens is 404 g/mol. The van der Waals surface area contributed by atoms with Gasteiger partial charge in [0.05, 0.1) is 10.6 Å². The van der Waals surface area contributed by atoms with Crippen LogP contribution in [0.5, 0.6) is 5.75 Å². The van der Waals surface area contributed by atoms with Crippen LogP contribution in [0.25, 0.3) is 21.4 Å². The fourth-order valence-electron chi connectivity index (χ4n) is 2.85. The van der Waals surface area contributed by atoms with Crippen molar-refractivity contribution in [1.82, 2.24) is 0 Å². The number of phenolic OH excluding ortho intramolecular Hbond substituents is 1. The van der Waals surface area contributed by atoms with E-state index in [1.807, 2.05) is 0 Å². The number of carboxylic acids is 1. The summed E-state index contributed by atoms with van der Waals surface area (Å²) in [6.45, 7) is 0. The van der Waals surface area contributed by atoms with E-state index in [1.165, 1.54) is 11.4 Å². The van der Waals surface area contributed by atoms with Crippen molar-refractivity contribution >= 4 is 39.9 Å². The first kappa shape index (κ1) is 18.6. The predicted octanol–water partition coefficient (Wildman–Crippen LogP) is 5.10. The molecule has 3 N–H and O–H groups in total. The molecule has 6 nitrogen and oxygen atoms in total. The zero-order valence-corrected chi connectivity index (χ0v) is 15.2. The Morgan fingerprint density at radius 3 is 2.59 bits per heavy atom. The molecule has 0 saturated heterocycles. The Labute approximate surface area is 165 Å². The van der Waals surface area contributed by atoms with E-state index < -0.39 is 29.3 Å². The highest BCUT2D eigenvalue weighted by Gasteiger charge is 2.25. The molecular formula is C20H11F2NO5S. The molecule has 4 aromatic rings. The predicted molar refractivity (Wildman–Crippen MR) is 102 cm³/mol. The molecule has 0 spiro atoms. The molecule has 0 bridgehead atoms. The number of para-hydroxylation sites is 1. The standard InChI is InChI=1S/C20H11F2NO5S/c21-11-6-5-10(16(22)17(11)24)18-15(20(26)27)12(8-29-18)23-19(25)14-7-9-3-1-2-4-13(9)28-14/h1-8,24H,(H,23,25)(H,26,27). The number of furan rings is 1. The van der Waals surface area contributed by atoms with Gasteiger partial charge in [-0.1, -0.05) is 18.2 Å². The second-order valence-corrected chi connectivity index (χ2v) is 6.90. The Bertz CT molecular complexity index is 1240. The molecule has 0 unspecified atom stereocenters.